The van der Waals surface area contributed by atoms with Gasteiger partial charge in [0.1, 0.15) is 17.6 Å². The summed E-state index contributed by atoms with van der Waals surface area (Å²) in [4.78, 5) is 27.1. The molecule has 0 saturated carbocycles. The molecule has 1 amide bonds. The normalized spacial score (nSPS) is 18.3. The van der Waals surface area contributed by atoms with Crippen molar-refractivity contribution in [1.82, 2.24) is 19.9 Å². The molecule has 2 aromatic rings. The van der Waals surface area contributed by atoms with Crippen LogP contribution in [0.4, 0.5) is 0 Å². The van der Waals surface area contributed by atoms with Crippen LogP contribution in [0.1, 0.15) is 33.7 Å². The van der Waals surface area contributed by atoms with E-state index in [9.17, 15) is 4.79 Å². The highest BCUT2D eigenvalue weighted by atomic mass is 16.5. The van der Waals surface area contributed by atoms with Gasteiger partial charge in [0.25, 0.3) is 5.91 Å². The van der Waals surface area contributed by atoms with Crippen LogP contribution in [-0.4, -0.2) is 45.5 Å². The second-order valence-electron chi connectivity index (χ2n) is 5.31. The number of aryl methyl sites for hydroxylation is 2. The van der Waals surface area contributed by atoms with Crippen molar-refractivity contribution >= 4 is 5.91 Å². The molecule has 1 aliphatic heterocycles. The zero-order chi connectivity index (χ0) is 15.5. The highest BCUT2D eigenvalue weighted by Gasteiger charge is 2.28. The van der Waals surface area contributed by atoms with Gasteiger partial charge in [-0.15, -0.1) is 0 Å². The van der Waals surface area contributed by atoms with Crippen molar-refractivity contribution in [2.45, 2.75) is 20.0 Å². The van der Waals surface area contributed by atoms with Crippen LogP contribution in [0.25, 0.3) is 0 Å². The number of carbonyl (C=O) groups is 1. The number of hydrogen-bond acceptors (Lipinski definition) is 5. The Morgan fingerprint density at radius 1 is 1.27 bits per heavy atom. The van der Waals surface area contributed by atoms with E-state index in [0.29, 0.717) is 31.2 Å². The number of aromatic nitrogens is 3. The van der Waals surface area contributed by atoms with Gasteiger partial charge >= 0.3 is 0 Å². The molecule has 6 nitrogen and oxygen atoms in total. The standard InChI is InChI=1S/C16H18N4O2/c1-11-4-3-6-18-15(11)16(21)20-8-9-22-14(10-20)13-5-7-17-12(2)19-13/h3-7,14H,8-10H2,1-2H3. The van der Waals surface area contributed by atoms with E-state index in [1.54, 1.807) is 17.3 Å². The van der Waals surface area contributed by atoms with Crippen molar-refractivity contribution in [2.75, 3.05) is 19.7 Å². The molecular weight excluding hydrogens is 280 g/mol. The Kier molecular flexibility index (Phi) is 4.11. The van der Waals surface area contributed by atoms with Gasteiger partial charge in [-0.2, -0.15) is 0 Å². The van der Waals surface area contributed by atoms with E-state index < -0.39 is 0 Å². The van der Waals surface area contributed by atoms with Crippen LogP contribution < -0.4 is 0 Å². The molecule has 0 aliphatic carbocycles. The molecule has 0 radical (unpaired) electrons. The number of pyridine rings is 1. The summed E-state index contributed by atoms with van der Waals surface area (Å²) in [6.07, 6.45) is 3.14. The first-order valence-electron chi connectivity index (χ1n) is 7.27. The Morgan fingerprint density at radius 3 is 2.91 bits per heavy atom. The average Bonchev–Trinajstić information content (AvgIpc) is 2.55. The molecule has 0 aromatic carbocycles. The van der Waals surface area contributed by atoms with Gasteiger partial charge in [0, 0.05) is 18.9 Å². The maximum Gasteiger partial charge on any atom is 0.272 e. The van der Waals surface area contributed by atoms with Gasteiger partial charge in [-0.05, 0) is 31.5 Å². The molecule has 1 atom stereocenters. The minimum absolute atomic E-state index is 0.0582. The van der Waals surface area contributed by atoms with Crippen LogP contribution in [0.15, 0.2) is 30.6 Å². The second-order valence-corrected chi connectivity index (χ2v) is 5.31. The van der Waals surface area contributed by atoms with Crippen molar-refractivity contribution in [3.05, 3.63) is 53.4 Å². The highest BCUT2D eigenvalue weighted by Crippen LogP contribution is 2.21. The van der Waals surface area contributed by atoms with Crippen molar-refractivity contribution in [3.8, 4) is 0 Å². The fourth-order valence-corrected chi connectivity index (χ4v) is 2.53. The molecule has 1 aliphatic rings. The molecule has 1 fully saturated rings. The van der Waals surface area contributed by atoms with E-state index in [1.165, 1.54) is 0 Å². The van der Waals surface area contributed by atoms with Crippen molar-refractivity contribution in [3.63, 3.8) is 0 Å². The number of morpholine rings is 1. The zero-order valence-electron chi connectivity index (χ0n) is 12.7. The van der Waals surface area contributed by atoms with E-state index in [2.05, 4.69) is 15.0 Å². The number of nitrogens with zero attached hydrogens (tertiary/aromatic N) is 4. The van der Waals surface area contributed by atoms with Crippen molar-refractivity contribution in [1.29, 1.82) is 0 Å². The van der Waals surface area contributed by atoms with Crippen LogP contribution in [0.2, 0.25) is 0 Å². The fourth-order valence-electron chi connectivity index (χ4n) is 2.53. The number of carbonyl (C=O) groups excluding carboxylic acids is 1. The molecule has 1 unspecified atom stereocenters. The summed E-state index contributed by atoms with van der Waals surface area (Å²) in [6.45, 7) is 5.27. The predicted molar refractivity (Wildman–Crippen MR) is 80.3 cm³/mol. The van der Waals surface area contributed by atoms with E-state index in [1.807, 2.05) is 32.0 Å². The van der Waals surface area contributed by atoms with Crippen LogP contribution in [0, 0.1) is 13.8 Å². The maximum absolute atomic E-state index is 12.6. The third kappa shape index (κ3) is 2.96. The second kappa shape index (κ2) is 6.19. The van der Waals surface area contributed by atoms with E-state index in [0.717, 1.165) is 11.3 Å². The molecular formula is C16H18N4O2. The van der Waals surface area contributed by atoms with Crippen molar-refractivity contribution < 1.29 is 9.53 Å². The first-order valence-corrected chi connectivity index (χ1v) is 7.27. The summed E-state index contributed by atoms with van der Waals surface area (Å²) in [7, 11) is 0. The van der Waals surface area contributed by atoms with Crippen LogP contribution in [0.5, 0.6) is 0 Å². The molecule has 2 aromatic heterocycles. The van der Waals surface area contributed by atoms with Gasteiger partial charge in [-0.1, -0.05) is 6.07 Å². The predicted octanol–water partition coefficient (Wildman–Crippen LogP) is 1.70. The Morgan fingerprint density at radius 2 is 2.14 bits per heavy atom. The maximum atomic E-state index is 12.6. The number of hydrogen-bond donors (Lipinski definition) is 0. The molecule has 3 rings (SSSR count). The van der Waals surface area contributed by atoms with Crippen LogP contribution >= 0.6 is 0 Å². The number of amides is 1. The molecule has 1 saturated heterocycles. The molecule has 0 bridgehead atoms. The smallest absolute Gasteiger partial charge is 0.272 e. The van der Waals surface area contributed by atoms with E-state index in [4.69, 9.17) is 4.74 Å². The highest BCUT2D eigenvalue weighted by molar-refractivity contribution is 5.93. The van der Waals surface area contributed by atoms with Crippen LogP contribution in [0.3, 0.4) is 0 Å². The lowest BCUT2D eigenvalue weighted by Gasteiger charge is -2.32. The Bertz CT molecular complexity index is 689. The molecule has 114 valence electrons. The summed E-state index contributed by atoms with van der Waals surface area (Å²) in [5, 5.41) is 0. The zero-order valence-corrected chi connectivity index (χ0v) is 12.7. The quantitative estimate of drug-likeness (QED) is 0.844. The first-order chi connectivity index (χ1) is 10.6. The molecule has 6 heteroatoms. The summed E-state index contributed by atoms with van der Waals surface area (Å²) in [5.41, 5.74) is 2.19. The lowest BCUT2D eigenvalue weighted by atomic mass is 10.1. The Hall–Kier alpha value is -2.34. The Balaban J connectivity index is 1.78. The van der Waals surface area contributed by atoms with Gasteiger partial charge in [0.15, 0.2) is 0 Å². The molecule has 0 N–H and O–H groups in total. The topological polar surface area (TPSA) is 68.2 Å². The minimum Gasteiger partial charge on any atom is -0.368 e. The molecule has 0 spiro atoms. The monoisotopic (exact) mass is 298 g/mol. The summed E-state index contributed by atoms with van der Waals surface area (Å²) in [5.74, 6) is 0.641. The largest absolute Gasteiger partial charge is 0.368 e. The summed E-state index contributed by atoms with van der Waals surface area (Å²) >= 11 is 0. The van der Waals surface area contributed by atoms with Gasteiger partial charge in [0.05, 0.1) is 18.8 Å². The Labute approximate surface area is 129 Å². The molecule has 22 heavy (non-hydrogen) atoms. The van der Waals surface area contributed by atoms with Crippen molar-refractivity contribution in [2.24, 2.45) is 0 Å². The van der Waals surface area contributed by atoms with Gasteiger partial charge in [-0.25, -0.2) is 9.97 Å². The van der Waals surface area contributed by atoms with Gasteiger partial charge in [-0.3, -0.25) is 9.78 Å². The lowest BCUT2D eigenvalue weighted by Crippen LogP contribution is -2.43. The van der Waals surface area contributed by atoms with E-state index >= 15 is 0 Å². The minimum atomic E-state index is -0.219. The third-order valence-electron chi connectivity index (χ3n) is 3.69. The summed E-state index contributed by atoms with van der Waals surface area (Å²) < 4.78 is 5.76. The lowest BCUT2D eigenvalue weighted by molar-refractivity contribution is -0.0250. The van der Waals surface area contributed by atoms with Gasteiger partial charge in [0.2, 0.25) is 0 Å². The van der Waals surface area contributed by atoms with Crippen LogP contribution in [-0.2, 0) is 4.74 Å². The number of ether oxygens (including phenoxy) is 1. The van der Waals surface area contributed by atoms with Gasteiger partial charge < -0.3 is 9.64 Å². The SMILES string of the molecule is Cc1nccc(C2CN(C(=O)c3ncccc3C)CCO2)n1. The molecule has 3 heterocycles. The fraction of sp³-hybridized carbons (Fsp3) is 0.375. The third-order valence-corrected chi connectivity index (χ3v) is 3.69. The van der Waals surface area contributed by atoms with E-state index in [-0.39, 0.29) is 12.0 Å². The first kappa shape index (κ1) is 14.6. The summed E-state index contributed by atoms with van der Waals surface area (Å²) in [6, 6.07) is 5.56. The average molecular weight is 298 g/mol. The number of rotatable bonds is 2.